The number of rotatable bonds is 5. The van der Waals surface area contributed by atoms with Crippen molar-refractivity contribution in [1.29, 1.82) is 0 Å². The fourth-order valence-corrected chi connectivity index (χ4v) is 10.6. The predicted molar refractivity (Wildman–Crippen MR) is 86.6 cm³/mol. The highest BCUT2D eigenvalue weighted by atomic mass is 32.1. The molecule has 0 aliphatic heterocycles. The molecule has 0 saturated heterocycles. The summed E-state index contributed by atoms with van der Waals surface area (Å²) in [4.78, 5) is 0. The molecule has 0 aromatic rings. The minimum absolute atomic E-state index is 0.681. The van der Waals surface area contributed by atoms with E-state index in [1.807, 2.05) is 7.11 Å². The van der Waals surface area contributed by atoms with Crippen molar-refractivity contribution in [2.75, 3.05) is 7.11 Å². The van der Waals surface area contributed by atoms with E-state index in [4.69, 9.17) is 4.43 Å². The third kappa shape index (κ3) is 5.09. The summed E-state index contributed by atoms with van der Waals surface area (Å²) in [6, 6.07) is 2.81. The molecule has 1 aliphatic carbocycles. The molecule has 1 saturated carbocycles. The average molecular weight is 291 g/mol. The van der Waals surface area contributed by atoms with Crippen molar-refractivity contribution in [2.24, 2.45) is 0 Å². The topological polar surface area (TPSA) is 9.23 Å². The summed E-state index contributed by atoms with van der Waals surface area (Å²) >= 11 is 4.61. The van der Waals surface area contributed by atoms with Crippen LogP contribution in [0.15, 0.2) is 0 Å². The smallest absolute Gasteiger partial charge is 0.185 e. The van der Waals surface area contributed by atoms with Crippen LogP contribution in [-0.4, -0.2) is 28.8 Å². The van der Waals surface area contributed by atoms with Gasteiger partial charge in [-0.15, -0.1) is 0 Å². The second-order valence-electron chi connectivity index (χ2n) is 6.96. The molecule has 0 unspecified atom stereocenters. The molecule has 0 N–H and O–H groups in total. The lowest BCUT2D eigenvalue weighted by Gasteiger charge is -2.38. The quantitative estimate of drug-likeness (QED) is 0.566. The van der Waals surface area contributed by atoms with Gasteiger partial charge in [0.25, 0.3) is 0 Å². The van der Waals surface area contributed by atoms with Crippen LogP contribution in [0.5, 0.6) is 0 Å². The number of hydrogen-bond donors (Lipinski definition) is 1. The highest BCUT2D eigenvalue weighted by molar-refractivity contribution is 7.80. The predicted octanol–water partition coefficient (Wildman–Crippen LogP) is 4.79. The second kappa shape index (κ2) is 6.26. The lowest BCUT2D eigenvalue weighted by molar-refractivity contribution is 0.404. The lowest BCUT2D eigenvalue weighted by atomic mass is 9.99. The summed E-state index contributed by atoms with van der Waals surface area (Å²) in [5.41, 5.74) is 1.03. The maximum absolute atomic E-state index is 5.69. The number of hydrogen-bond acceptors (Lipinski definition) is 2. The molecule has 1 fully saturated rings. The molecule has 1 aliphatic rings. The highest BCUT2D eigenvalue weighted by Gasteiger charge is 2.35. The summed E-state index contributed by atoms with van der Waals surface area (Å²) < 4.78 is 5.69. The van der Waals surface area contributed by atoms with Crippen LogP contribution in [0.3, 0.4) is 0 Å². The van der Waals surface area contributed by atoms with Crippen molar-refractivity contribution >= 4 is 29.0 Å². The third-order valence-corrected chi connectivity index (χ3v) is 12.6. The van der Waals surface area contributed by atoms with Gasteiger partial charge in [-0.25, -0.2) is 0 Å². The molecule has 102 valence electrons. The van der Waals surface area contributed by atoms with Crippen LogP contribution in [-0.2, 0) is 4.43 Å². The Hall–Kier alpha value is 0.744. The Kier molecular flexibility index (Phi) is 5.82. The van der Waals surface area contributed by atoms with Crippen LogP contribution in [0.2, 0.25) is 43.8 Å². The Bertz CT molecular complexity index is 236. The van der Waals surface area contributed by atoms with Gasteiger partial charge in [0.15, 0.2) is 8.32 Å². The van der Waals surface area contributed by atoms with E-state index in [0.29, 0.717) is 5.25 Å². The van der Waals surface area contributed by atoms with Gasteiger partial charge < -0.3 is 4.43 Å². The largest absolute Gasteiger partial charge is 0.420 e. The van der Waals surface area contributed by atoms with Crippen LogP contribution < -0.4 is 0 Å². The van der Waals surface area contributed by atoms with E-state index in [0.717, 1.165) is 5.54 Å². The van der Waals surface area contributed by atoms with E-state index in [-0.39, 0.29) is 0 Å². The van der Waals surface area contributed by atoms with Crippen LogP contribution in [0.4, 0.5) is 0 Å². The van der Waals surface area contributed by atoms with Gasteiger partial charge in [0.05, 0.1) is 8.07 Å². The molecule has 0 amide bonds. The van der Waals surface area contributed by atoms with Crippen molar-refractivity contribution in [3.63, 3.8) is 0 Å². The normalized spacial score (nSPS) is 27.2. The van der Waals surface area contributed by atoms with Crippen LogP contribution >= 0.6 is 12.6 Å². The molecule has 0 radical (unpaired) electrons. The summed E-state index contributed by atoms with van der Waals surface area (Å²) in [6.07, 6.45) is 5.55. The van der Waals surface area contributed by atoms with Gasteiger partial charge in [-0.2, -0.15) is 12.6 Å². The van der Waals surface area contributed by atoms with E-state index in [1.54, 1.807) is 0 Å². The van der Waals surface area contributed by atoms with Crippen LogP contribution in [0.25, 0.3) is 0 Å². The van der Waals surface area contributed by atoms with Gasteiger partial charge in [0.2, 0.25) is 0 Å². The Morgan fingerprint density at radius 3 is 2.00 bits per heavy atom. The van der Waals surface area contributed by atoms with E-state index in [9.17, 15) is 0 Å². The molecule has 1 rings (SSSR count). The molecule has 0 bridgehead atoms. The van der Waals surface area contributed by atoms with E-state index in [2.05, 4.69) is 38.8 Å². The van der Waals surface area contributed by atoms with Gasteiger partial charge in [-0.1, -0.05) is 32.0 Å². The third-order valence-electron chi connectivity index (χ3n) is 4.73. The van der Waals surface area contributed by atoms with Gasteiger partial charge in [-0.3, -0.25) is 0 Å². The fourth-order valence-electron chi connectivity index (χ4n) is 2.79. The zero-order valence-corrected chi connectivity index (χ0v) is 15.1. The first-order valence-corrected chi connectivity index (χ1v) is 13.9. The monoisotopic (exact) mass is 290 g/mol. The molecule has 4 heteroatoms. The molecular weight excluding hydrogens is 260 g/mol. The molecule has 0 aromatic carbocycles. The van der Waals surface area contributed by atoms with Crippen molar-refractivity contribution in [1.82, 2.24) is 0 Å². The molecule has 0 atom stereocenters. The van der Waals surface area contributed by atoms with Crippen molar-refractivity contribution in [3.05, 3.63) is 0 Å². The van der Waals surface area contributed by atoms with Gasteiger partial charge >= 0.3 is 0 Å². The van der Waals surface area contributed by atoms with Crippen molar-refractivity contribution in [2.45, 2.75) is 74.8 Å². The minimum Gasteiger partial charge on any atom is -0.420 e. The standard InChI is InChI=1S/C13H30OSSi2/c1-14-17(4,5)11-10-16(2,3)13-8-6-12(15)7-9-13/h12-13,15H,6-11H2,1-5H3. The van der Waals surface area contributed by atoms with Gasteiger partial charge in [0.1, 0.15) is 0 Å². The van der Waals surface area contributed by atoms with E-state index in [1.165, 1.54) is 37.8 Å². The molecule has 0 aromatic heterocycles. The van der Waals surface area contributed by atoms with Crippen LogP contribution in [0, 0.1) is 0 Å². The van der Waals surface area contributed by atoms with Crippen LogP contribution in [0.1, 0.15) is 25.7 Å². The van der Waals surface area contributed by atoms with E-state index >= 15 is 0 Å². The molecule has 0 spiro atoms. The maximum atomic E-state index is 5.69. The zero-order chi connectivity index (χ0) is 13.1. The van der Waals surface area contributed by atoms with Crippen molar-refractivity contribution < 1.29 is 4.43 Å². The van der Waals surface area contributed by atoms with Gasteiger partial charge in [0, 0.05) is 12.4 Å². The molecule has 1 nitrogen and oxygen atoms in total. The SMILES string of the molecule is CO[Si](C)(C)CC[Si](C)(C)C1CCC(S)CC1. The molecule has 0 heterocycles. The fraction of sp³-hybridized carbons (Fsp3) is 1.00. The first-order valence-electron chi connectivity index (χ1n) is 7.00. The second-order valence-corrected chi connectivity index (χ2v) is 17.4. The summed E-state index contributed by atoms with van der Waals surface area (Å²) in [5, 5.41) is 0.681. The molecule has 17 heavy (non-hydrogen) atoms. The van der Waals surface area contributed by atoms with E-state index < -0.39 is 16.4 Å². The summed E-state index contributed by atoms with van der Waals surface area (Å²) in [5.74, 6) is 0. The zero-order valence-electron chi connectivity index (χ0n) is 12.3. The summed E-state index contributed by atoms with van der Waals surface area (Å²) in [7, 11) is -0.486. The Morgan fingerprint density at radius 1 is 1.00 bits per heavy atom. The first kappa shape index (κ1) is 15.8. The number of thiol groups is 1. The molecular formula is C13H30OSSi2. The average Bonchev–Trinajstić information content (AvgIpc) is 2.27. The van der Waals surface area contributed by atoms with Gasteiger partial charge in [-0.05, 0) is 37.5 Å². The van der Waals surface area contributed by atoms with Crippen molar-refractivity contribution in [3.8, 4) is 0 Å². The minimum atomic E-state index is -1.34. The highest BCUT2D eigenvalue weighted by Crippen LogP contribution is 2.41. The summed E-state index contributed by atoms with van der Waals surface area (Å²) in [6.45, 7) is 9.89. The first-order chi connectivity index (χ1) is 7.77. The lowest BCUT2D eigenvalue weighted by Crippen LogP contribution is -2.38. The maximum Gasteiger partial charge on any atom is 0.185 e. The Labute approximate surface area is 115 Å². The Morgan fingerprint density at radius 2 is 1.53 bits per heavy atom. The Balaban J connectivity index is 2.45.